The highest BCUT2D eigenvalue weighted by Gasteiger charge is 2.40. The van der Waals surface area contributed by atoms with Gasteiger partial charge in [-0.3, -0.25) is 0 Å². The van der Waals surface area contributed by atoms with E-state index < -0.39 is 5.60 Å². The maximum Gasteiger partial charge on any atom is 0.123 e. The fourth-order valence-electron chi connectivity index (χ4n) is 1.96. The van der Waals surface area contributed by atoms with Crippen LogP contribution >= 0.6 is 0 Å². The van der Waals surface area contributed by atoms with Crippen molar-refractivity contribution in [2.24, 2.45) is 11.1 Å². The molecule has 2 atom stereocenters. The highest BCUT2D eigenvalue weighted by molar-refractivity contribution is 5.19. The Labute approximate surface area is 103 Å². The van der Waals surface area contributed by atoms with Gasteiger partial charge in [0.2, 0.25) is 0 Å². The van der Waals surface area contributed by atoms with E-state index in [0.717, 1.165) is 12.0 Å². The molecule has 1 aromatic carbocycles. The summed E-state index contributed by atoms with van der Waals surface area (Å²) in [6.45, 7) is 6.23. The van der Waals surface area contributed by atoms with Crippen LogP contribution in [0.4, 0.5) is 4.39 Å². The average Bonchev–Trinajstić information content (AvgIpc) is 2.30. The number of rotatable bonds is 5. The Morgan fingerprint density at radius 2 is 1.76 bits per heavy atom. The van der Waals surface area contributed by atoms with Crippen LogP contribution in [0.5, 0.6) is 0 Å². The number of hydrogen-bond donors (Lipinski definition) is 2. The van der Waals surface area contributed by atoms with E-state index in [1.165, 1.54) is 12.1 Å². The molecule has 0 radical (unpaired) electrons. The molecule has 0 aliphatic carbocycles. The van der Waals surface area contributed by atoms with Crippen molar-refractivity contribution >= 4 is 0 Å². The van der Waals surface area contributed by atoms with Gasteiger partial charge in [-0.2, -0.15) is 0 Å². The molecule has 1 aromatic rings. The van der Waals surface area contributed by atoms with Crippen LogP contribution in [0.15, 0.2) is 24.3 Å². The molecule has 0 aliphatic rings. The van der Waals surface area contributed by atoms with Gasteiger partial charge in [-0.25, -0.2) is 4.39 Å². The lowest BCUT2D eigenvalue weighted by Gasteiger charge is -2.42. The molecule has 2 nitrogen and oxygen atoms in total. The van der Waals surface area contributed by atoms with E-state index in [-0.39, 0.29) is 11.2 Å². The Hall–Kier alpha value is -0.930. The molecule has 0 aliphatic heterocycles. The predicted molar refractivity (Wildman–Crippen MR) is 68.2 cm³/mol. The van der Waals surface area contributed by atoms with Crippen LogP contribution in [0, 0.1) is 11.2 Å². The summed E-state index contributed by atoms with van der Waals surface area (Å²) < 4.78 is 12.8. The topological polar surface area (TPSA) is 46.2 Å². The zero-order valence-electron chi connectivity index (χ0n) is 10.8. The van der Waals surface area contributed by atoms with Crippen LogP contribution in [0.3, 0.4) is 0 Å². The maximum atomic E-state index is 12.8. The van der Waals surface area contributed by atoms with Gasteiger partial charge in [-0.1, -0.05) is 26.0 Å². The van der Waals surface area contributed by atoms with E-state index in [2.05, 4.69) is 0 Å². The van der Waals surface area contributed by atoms with Crippen LogP contribution in [0.1, 0.15) is 32.8 Å². The molecule has 3 heteroatoms. The van der Waals surface area contributed by atoms with Gasteiger partial charge >= 0.3 is 0 Å². The van der Waals surface area contributed by atoms with Gasteiger partial charge in [0.1, 0.15) is 5.82 Å². The summed E-state index contributed by atoms with van der Waals surface area (Å²) in [6, 6.07) is 6.24. The van der Waals surface area contributed by atoms with Crippen LogP contribution in [-0.2, 0) is 6.42 Å². The summed E-state index contributed by atoms with van der Waals surface area (Å²) in [5, 5.41) is 10.6. The third kappa shape index (κ3) is 3.05. The van der Waals surface area contributed by atoms with E-state index in [4.69, 9.17) is 5.73 Å². The van der Waals surface area contributed by atoms with Crippen molar-refractivity contribution in [3.05, 3.63) is 35.6 Å². The first kappa shape index (κ1) is 14.1. The third-order valence-corrected chi connectivity index (χ3v) is 3.99. The molecule has 3 N–H and O–H groups in total. The monoisotopic (exact) mass is 239 g/mol. The lowest BCUT2D eigenvalue weighted by atomic mass is 9.69. The molecule has 17 heavy (non-hydrogen) atoms. The molecule has 96 valence electrons. The molecule has 0 amide bonds. The fraction of sp³-hybridized carbons (Fsp3) is 0.571. The van der Waals surface area contributed by atoms with Gasteiger partial charge < -0.3 is 10.8 Å². The van der Waals surface area contributed by atoms with Crippen molar-refractivity contribution in [3.63, 3.8) is 0 Å². The van der Waals surface area contributed by atoms with E-state index in [0.29, 0.717) is 13.0 Å². The van der Waals surface area contributed by atoms with Gasteiger partial charge in [0.05, 0.1) is 5.60 Å². The Bertz CT molecular complexity index is 355. The number of halogens is 1. The van der Waals surface area contributed by atoms with Crippen molar-refractivity contribution in [2.45, 2.75) is 39.2 Å². The van der Waals surface area contributed by atoms with E-state index in [9.17, 15) is 9.50 Å². The normalized spacial score (nSPS) is 18.5. The van der Waals surface area contributed by atoms with Gasteiger partial charge in [0.15, 0.2) is 0 Å². The predicted octanol–water partition coefficient (Wildman–Crippen LogP) is 2.49. The SMILES string of the molecule is CCC(C)(CN)C(C)(O)Cc1ccc(F)cc1. The summed E-state index contributed by atoms with van der Waals surface area (Å²) in [5.74, 6) is -0.259. The summed E-state index contributed by atoms with van der Waals surface area (Å²) >= 11 is 0. The lowest BCUT2D eigenvalue weighted by Crippen LogP contribution is -2.49. The molecule has 0 fully saturated rings. The highest BCUT2D eigenvalue weighted by atomic mass is 19.1. The number of aliphatic hydroxyl groups is 1. The first-order chi connectivity index (χ1) is 7.84. The lowest BCUT2D eigenvalue weighted by molar-refractivity contribution is -0.0578. The molecule has 0 heterocycles. The van der Waals surface area contributed by atoms with E-state index >= 15 is 0 Å². The number of hydrogen-bond acceptors (Lipinski definition) is 2. The molecule has 0 spiro atoms. The fourth-order valence-corrected chi connectivity index (χ4v) is 1.96. The van der Waals surface area contributed by atoms with Crippen molar-refractivity contribution in [1.29, 1.82) is 0 Å². The third-order valence-electron chi connectivity index (χ3n) is 3.99. The molecular formula is C14H22FNO. The van der Waals surface area contributed by atoms with Gasteiger partial charge in [0.25, 0.3) is 0 Å². The molecule has 0 saturated heterocycles. The van der Waals surface area contributed by atoms with E-state index in [1.54, 1.807) is 19.1 Å². The molecule has 0 aromatic heterocycles. The van der Waals surface area contributed by atoms with Crippen LogP contribution in [0.25, 0.3) is 0 Å². The Kier molecular flexibility index (Phi) is 4.28. The Morgan fingerprint density at radius 3 is 2.18 bits per heavy atom. The van der Waals surface area contributed by atoms with Crippen molar-refractivity contribution < 1.29 is 9.50 Å². The van der Waals surface area contributed by atoms with Gasteiger partial charge in [0, 0.05) is 18.4 Å². The average molecular weight is 239 g/mol. The first-order valence-corrected chi connectivity index (χ1v) is 6.01. The molecule has 1 rings (SSSR count). The minimum absolute atomic E-state index is 0.259. The van der Waals surface area contributed by atoms with Crippen LogP contribution in [-0.4, -0.2) is 17.3 Å². The zero-order chi connectivity index (χ0) is 13.1. The van der Waals surface area contributed by atoms with Crippen molar-refractivity contribution in [2.75, 3.05) is 6.54 Å². The summed E-state index contributed by atoms with van der Waals surface area (Å²) in [6.07, 6.45) is 1.28. The molecular weight excluding hydrogens is 217 g/mol. The Balaban J connectivity index is 2.88. The van der Waals surface area contributed by atoms with Crippen LogP contribution < -0.4 is 5.73 Å². The molecule has 0 saturated carbocycles. The largest absolute Gasteiger partial charge is 0.389 e. The Morgan fingerprint density at radius 1 is 1.24 bits per heavy atom. The second-order valence-corrected chi connectivity index (χ2v) is 5.20. The highest BCUT2D eigenvalue weighted by Crippen LogP contribution is 2.36. The van der Waals surface area contributed by atoms with Crippen LogP contribution in [0.2, 0.25) is 0 Å². The smallest absolute Gasteiger partial charge is 0.123 e. The maximum absolute atomic E-state index is 12.8. The van der Waals surface area contributed by atoms with Crippen molar-refractivity contribution in [3.8, 4) is 0 Å². The summed E-state index contributed by atoms with van der Waals surface area (Å²) in [4.78, 5) is 0. The standard InChI is InChI=1S/C14H22FNO/c1-4-13(2,10-16)14(3,17)9-11-5-7-12(15)8-6-11/h5-8,17H,4,9-10,16H2,1-3H3. The molecule has 0 bridgehead atoms. The minimum atomic E-state index is -0.895. The second kappa shape index (κ2) is 5.15. The summed E-state index contributed by atoms with van der Waals surface area (Å²) in [7, 11) is 0. The minimum Gasteiger partial charge on any atom is -0.389 e. The number of benzene rings is 1. The second-order valence-electron chi connectivity index (χ2n) is 5.20. The van der Waals surface area contributed by atoms with Gasteiger partial charge in [-0.15, -0.1) is 0 Å². The number of nitrogens with two attached hydrogens (primary N) is 1. The van der Waals surface area contributed by atoms with Crippen molar-refractivity contribution in [1.82, 2.24) is 0 Å². The summed E-state index contributed by atoms with van der Waals surface area (Å²) in [5.41, 5.74) is 5.46. The first-order valence-electron chi connectivity index (χ1n) is 6.01. The van der Waals surface area contributed by atoms with Gasteiger partial charge in [-0.05, 0) is 31.0 Å². The quantitative estimate of drug-likeness (QED) is 0.829. The molecule has 2 unspecified atom stereocenters. The van der Waals surface area contributed by atoms with E-state index in [1.807, 2.05) is 13.8 Å². The zero-order valence-corrected chi connectivity index (χ0v) is 10.8.